The normalized spacial score (nSPS) is 20.0. The highest BCUT2D eigenvalue weighted by Gasteiger charge is 2.29. The van der Waals surface area contributed by atoms with E-state index in [2.05, 4.69) is 54.6 Å². The molecule has 6 nitrogen and oxygen atoms in total. The van der Waals surface area contributed by atoms with Crippen molar-refractivity contribution in [1.29, 1.82) is 0 Å². The molecule has 160 valence electrons. The monoisotopic (exact) mass is 409 g/mol. The highest BCUT2D eigenvalue weighted by molar-refractivity contribution is 5.94. The summed E-state index contributed by atoms with van der Waals surface area (Å²) in [5.41, 5.74) is 1.84. The summed E-state index contributed by atoms with van der Waals surface area (Å²) in [7, 11) is 4.33. The summed E-state index contributed by atoms with van der Waals surface area (Å²) < 4.78 is 0. The Morgan fingerprint density at radius 1 is 1.07 bits per heavy atom. The first-order valence-corrected chi connectivity index (χ1v) is 10.7. The third kappa shape index (κ3) is 5.66. The van der Waals surface area contributed by atoms with Gasteiger partial charge in [-0.2, -0.15) is 0 Å². The van der Waals surface area contributed by atoms with E-state index in [0.29, 0.717) is 30.0 Å². The second kappa shape index (κ2) is 10.3. The minimum absolute atomic E-state index is 0.00478. The zero-order valence-electron chi connectivity index (χ0n) is 17.8. The zero-order chi connectivity index (χ0) is 21.5. The van der Waals surface area contributed by atoms with Crippen LogP contribution >= 0.6 is 0 Å². The Hall–Kier alpha value is -2.73. The molecule has 0 saturated heterocycles. The van der Waals surface area contributed by atoms with E-state index in [1.54, 1.807) is 0 Å². The Balaban J connectivity index is 1.44. The average molecular weight is 410 g/mol. The standard InChI is InChI=1S/C24H31N3O3/c1-26(2)23(19-6-4-3-5-7-19)20-10-8-18(9-11-20)16-17-25-24(28)21-12-14-22(15-13-21)27(29)30/h3-7,12-15,18,20,23H,8-11,16-17H2,1-2H3,(H,25,28). The first kappa shape index (κ1) is 22.0. The summed E-state index contributed by atoms with van der Waals surface area (Å²) in [4.78, 5) is 24.8. The molecule has 1 unspecified atom stereocenters. The molecule has 0 bridgehead atoms. The molecule has 6 heteroatoms. The van der Waals surface area contributed by atoms with Crippen molar-refractivity contribution in [2.24, 2.45) is 11.8 Å². The lowest BCUT2D eigenvalue weighted by molar-refractivity contribution is -0.384. The van der Waals surface area contributed by atoms with E-state index in [1.807, 2.05) is 0 Å². The zero-order valence-corrected chi connectivity index (χ0v) is 17.8. The van der Waals surface area contributed by atoms with E-state index >= 15 is 0 Å². The molecule has 3 rings (SSSR count). The molecule has 0 aromatic heterocycles. The third-order valence-corrected chi connectivity index (χ3v) is 6.21. The minimum atomic E-state index is -0.462. The number of benzene rings is 2. The second-order valence-electron chi connectivity index (χ2n) is 8.45. The van der Waals surface area contributed by atoms with Crippen LogP contribution in [0.1, 0.15) is 54.1 Å². The lowest BCUT2D eigenvalue weighted by atomic mass is 9.75. The summed E-state index contributed by atoms with van der Waals surface area (Å²) in [6.07, 6.45) is 5.77. The van der Waals surface area contributed by atoms with Gasteiger partial charge in [0.05, 0.1) is 4.92 Å². The van der Waals surface area contributed by atoms with Crippen LogP contribution in [0.3, 0.4) is 0 Å². The van der Waals surface area contributed by atoms with Crippen LogP contribution in [0.25, 0.3) is 0 Å². The van der Waals surface area contributed by atoms with Crippen LogP contribution in [-0.4, -0.2) is 36.4 Å². The van der Waals surface area contributed by atoms with Crippen molar-refractivity contribution < 1.29 is 9.72 Å². The first-order valence-electron chi connectivity index (χ1n) is 10.7. The quantitative estimate of drug-likeness (QED) is 0.501. The Kier molecular flexibility index (Phi) is 7.57. The van der Waals surface area contributed by atoms with Gasteiger partial charge in [-0.3, -0.25) is 14.9 Å². The summed E-state index contributed by atoms with van der Waals surface area (Å²) in [5.74, 6) is 1.13. The van der Waals surface area contributed by atoms with Gasteiger partial charge < -0.3 is 10.2 Å². The van der Waals surface area contributed by atoms with Crippen LogP contribution in [-0.2, 0) is 0 Å². The van der Waals surface area contributed by atoms with E-state index in [1.165, 1.54) is 55.5 Å². The summed E-state index contributed by atoms with van der Waals surface area (Å²) in [5, 5.41) is 13.7. The van der Waals surface area contributed by atoms with Crippen LogP contribution < -0.4 is 5.32 Å². The molecule has 0 spiro atoms. The number of rotatable bonds is 8. The minimum Gasteiger partial charge on any atom is -0.352 e. The van der Waals surface area contributed by atoms with Gasteiger partial charge in [-0.1, -0.05) is 43.2 Å². The molecule has 1 saturated carbocycles. The van der Waals surface area contributed by atoms with Crippen LogP contribution in [0.15, 0.2) is 54.6 Å². The molecule has 0 radical (unpaired) electrons. The number of hydrogen-bond donors (Lipinski definition) is 1. The Bertz CT molecular complexity index is 829. The molecule has 2 aromatic rings. The van der Waals surface area contributed by atoms with Crippen molar-refractivity contribution in [3.8, 4) is 0 Å². The Morgan fingerprint density at radius 3 is 2.27 bits per heavy atom. The first-order chi connectivity index (χ1) is 14.5. The van der Waals surface area contributed by atoms with Crippen molar-refractivity contribution in [3.05, 3.63) is 75.8 Å². The fourth-order valence-electron chi connectivity index (χ4n) is 4.66. The van der Waals surface area contributed by atoms with Crippen molar-refractivity contribution in [2.45, 2.75) is 38.1 Å². The van der Waals surface area contributed by atoms with Crippen molar-refractivity contribution in [3.63, 3.8) is 0 Å². The van der Waals surface area contributed by atoms with E-state index in [0.717, 1.165) is 6.42 Å². The largest absolute Gasteiger partial charge is 0.352 e. The van der Waals surface area contributed by atoms with Gasteiger partial charge in [0.25, 0.3) is 11.6 Å². The highest BCUT2D eigenvalue weighted by atomic mass is 16.6. The molecular formula is C24H31N3O3. The SMILES string of the molecule is CN(C)C(c1ccccc1)C1CCC(CCNC(=O)c2ccc([N+](=O)[O-])cc2)CC1. The smallest absolute Gasteiger partial charge is 0.269 e. The van der Waals surface area contributed by atoms with Gasteiger partial charge in [0, 0.05) is 30.3 Å². The molecule has 2 aromatic carbocycles. The number of nitrogens with one attached hydrogen (secondary N) is 1. The topological polar surface area (TPSA) is 75.5 Å². The number of carbonyl (C=O) groups excluding carboxylic acids is 1. The molecule has 1 aliphatic carbocycles. The maximum atomic E-state index is 12.3. The number of carbonyl (C=O) groups is 1. The predicted molar refractivity (Wildman–Crippen MR) is 118 cm³/mol. The van der Waals surface area contributed by atoms with Crippen LogP contribution in [0, 0.1) is 22.0 Å². The maximum absolute atomic E-state index is 12.3. The maximum Gasteiger partial charge on any atom is 0.269 e. The van der Waals surface area contributed by atoms with E-state index in [9.17, 15) is 14.9 Å². The molecular weight excluding hydrogens is 378 g/mol. The van der Waals surface area contributed by atoms with Gasteiger partial charge in [0.15, 0.2) is 0 Å². The molecule has 30 heavy (non-hydrogen) atoms. The molecule has 1 N–H and O–H groups in total. The molecule has 1 atom stereocenters. The molecule has 1 aliphatic rings. The Labute approximate surface area is 178 Å². The lowest BCUT2D eigenvalue weighted by Gasteiger charge is -2.37. The van der Waals surface area contributed by atoms with Gasteiger partial charge in [0.2, 0.25) is 0 Å². The van der Waals surface area contributed by atoms with Gasteiger partial charge >= 0.3 is 0 Å². The van der Waals surface area contributed by atoms with Crippen LogP contribution in [0.2, 0.25) is 0 Å². The van der Waals surface area contributed by atoms with Gasteiger partial charge in [-0.15, -0.1) is 0 Å². The second-order valence-corrected chi connectivity index (χ2v) is 8.45. The van der Waals surface area contributed by atoms with Crippen molar-refractivity contribution in [2.75, 3.05) is 20.6 Å². The fourth-order valence-corrected chi connectivity index (χ4v) is 4.66. The van der Waals surface area contributed by atoms with E-state index in [-0.39, 0.29) is 11.6 Å². The van der Waals surface area contributed by atoms with E-state index in [4.69, 9.17) is 0 Å². The lowest BCUT2D eigenvalue weighted by Crippen LogP contribution is -2.31. The number of non-ortho nitro benzene ring substituents is 1. The third-order valence-electron chi connectivity index (χ3n) is 6.21. The Morgan fingerprint density at radius 2 is 1.70 bits per heavy atom. The van der Waals surface area contributed by atoms with Crippen LogP contribution in [0.5, 0.6) is 0 Å². The van der Waals surface area contributed by atoms with Gasteiger partial charge in [-0.25, -0.2) is 0 Å². The number of amides is 1. The summed E-state index contributed by atoms with van der Waals surface area (Å²) in [6, 6.07) is 16.9. The number of nitro groups is 1. The van der Waals surface area contributed by atoms with Crippen molar-refractivity contribution >= 4 is 11.6 Å². The fraction of sp³-hybridized carbons (Fsp3) is 0.458. The average Bonchev–Trinajstić information content (AvgIpc) is 2.75. The van der Waals surface area contributed by atoms with Crippen molar-refractivity contribution in [1.82, 2.24) is 10.2 Å². The molecule has 1 amide bonds. The van der Waals surface area contributed by atoms with Gasteiger partial charge in [0.1, 0.15) is 0 Å². The predicted octanol–water partition coefficient (Wildman–Crippen LogP) is 4.82. The summed E-state index contributed by atoms with van der Waals surface area (Å²) >= 11 is 0. The van der Waals surface area contributed by atoms with Gasteiger partial charge in [-0.05, 0) is 62.9 Å². The van der Waals surface area contributed by atoms with E-state index < -0.39 is 4.92 Å². The molecule has 1 fully saturated rings. The number of nitro benzene ring substituents is 1. The molecule has 0 heterocycles. The summed E-state index contributed by atoms with van der Waals surface area (Å²) in [6.45, 7) is 0.640. The highest BCUT2D eigenvalue weighted by Crippen LogP contribution is 2.40. The number of hydrogen-bond acceptors (Lipinski definition) is 4. The van der Waals surface area contributed by atoms with Crippen LogP contribution in [0.4, 0.5) is 5.69 Å². The molecule has 0 aliphatic heterocycles. The number of nitrogens with zero attached hydrogens (tertiary/aromatic N) is 2.